The highest BCUT2D eigenvalue weighted by atomic mass is 19.1. The highest BCUT2D eigenvalue weighted by Crippen LogP contribution is 2.20. The SMILES string of the molecule is Cc1ccc(-c2noc(C(C)NC(=O)C(=O)O)n2)cc1F. The Balaban J connectivity index is 2.19. The maximum Gasteiger partial charge on any atom is 0.394 e. The van der Waals surface area contributed by atoms with E-state index in [1.807, 2.05) is 0 Å². The van der Waals surface area contributed by atoms with Gasteiger partial charge < -0.3 is 14.9 Å². The van der Waals surface area contributed by atoms with E-state index in [1.54, 1.807) is 19.1 Å². The second-order valence-corrected chi connectivity index (χ2v) is 4.42. The van der Waals surface area contributed by atoms with Crippen molar-refractivity contribution in [1.29, 1.82) is 0 Å². The molecule has 0 fully saturated rings. The Bertz CT molecular complexity index is 698. The fraction of sp³-hybridized carbons (Fsp3) is 0.231. The molecule has 0 aliphatic heterocycles. The van der Waals surface area contributed by atoms with Crippen LogP contribution in [0.4, 0.5) is 4.39 Å². The molecule has 1 unspecified atom stereocenters. The van der Waals surface area contributed by atoms with E-state index in [9.17, 15) is 14.0 Å². The predicted molar refractivity (Wildman–Crippen MR) is 68.6 cm³/mol. The van der Waals surface area contributed by atoms with Crippen LogP contribution in [0, 0.1) is 12.7 Å². The number of benzene rings is 1. The summed E-state index contributed by atoms with van der Waals surface area (Å²) in [5, 5.41) is 14.3. The van der Waals surface area contributed by atoms with Crippen LogP contribution in [0.2, 0.25) is 0 Å². The van der Waals surface area contributed by atoms with Crippen molar-refractivity contribution in [2.75, 3.05) is 0 Å². The fourth-order valence-electron chi connectivity index (χ4n) is 1.58. The third-order valence-electron chi connectivity index (χ3n) is 2.78. The third-order valence-corrected chi connectivity index (χ3v) is 2.78. The number of aryl methyl sites for hydroxylation is 1. The fourth-order valence-corrected chi connectivity index (χ4v) is 1.58. The Hall–Kier alpha value is -2.77. The lowest BCUT2D eigenvalue weighted by molar-refractivity contribution is -0.150. The number of aromatic nitrogens is 2. The molecule has 2 aromatic rings. The summed E-state index contributed by atoms with van der Waals surface area (Å²) in [4.78, 5) is 25.5. The third kappa shape index (κ3) is 3.22. The van der Waals surface area contributed by atoms with E-state index in [0.717, 1.165) is 0 Å². The molecular formula is C13H12FN3O4. The summed E-state index contributed by atoms with van der Waals surface area (Å²) in [5.74, 6) is -3.00. The molecule has 7 nitrogen and oxygen atoms in total. The first-order chi connectivity index (χ1) is 9.88. The van der Waals surface area contributed by atoms with Crippen LogP contribution in [0.25, 0.3) is 11.4 Å². The average Bonchev–Trinajstić information content (AvgIpc) is 2.91. The summed E-state index contributed by atoms with van der Waals surface area (Å²) in [6, 6.07) is 3.71. The van der Waals surface area contributed by atoms with Crippen molar-refractivity contribution < 1.29 is 23.6 Å². The summed E-state index contributed by atoms with van der Waals surface area (Å²) in [6.45, 7) is 3.12. The van der Waals surface area contributed by atoms with Crippen LogP contribution in [-0.2, 0) is 9.59 Å². The predicted octanol–water partition coefficient (Wildman–Crippen LogP) is 1.45. The molecular weight excluding hydrogens is 281 g/mol. The molecule has 2 N–H and O–H groups in total. The minimum absolute atomic E-state index is 0.0283. The highest BCUT2D eigenvalue weighted by molar-refractivity contribution is 6.31. The van der Waals surface area contributed by atoms with Crippen molar-refractivity contribution in [2.45, 2.75) is 19.9 Å². The Morgan fingerprint density at radius 3 is 2.76 bits per heavy atom. The van der Waals surface area contributed by atoms with Crippen molar-refractivity contribution in [3.63, 3.8) is 0 Å². The van der Waals surface area contributed by atoms with E-state index >= 15 is 0 Å². The van der Waals surface area contributed by atoms with E-state index in [1.165, 1.54) is 13.0 Å². The molecule has 0 bridgehead atoms. The van der Waals surface area contributed by atoms with Crippen molar-refractivity contribution >= 4 is 11.9 Å². The molecule has 110 valence electrons. The molecule has 0 aliphatic rings. The Labute approximate surface area is 118 Å². The molecule has 21 heavy (non-hydrogen) atoms. The molecule has 2 rings (SSSR count). The molecule has 8 heteroatoms. The second kappa shape index (κ2) is 5.70. The van der Waals surface area contributed by atoms with Gasteiger partial charge in [-0.3, -0.25) is 4.79 Å². The smallest absolute Gasteiger partial charge is 0.394 e. The molecule has 1 aromatic carbocycles. The van der Waals surface area contributed by atoms with Gasteiger partial charge in [-0.2, -0.15) is 4.98 Å². The van der Waals surface area contributed by atoms with Crippen LogP contribution in [0.15, 0.2) is 22.7 Å². The molecule has 0 saturated carbocycles. The molecule has 0 aliphatic carbocycles. The standard InChI is InChI=1S/C13H12FN3O4/c1-6-3-4-8(5-9(6)14)10-16-12(21-17-10)7(2)15-11(18)13(19)20/h3-5,7H,1-2H3,(H,15,18)(H,19,20). The van der Waals surface area contributed by atoms with Gasteiger partial charge in [0.05, 0.1) is 0 Å². The minimum Gasteiger partial charge on any atom is -0.474 e. The van der Waals surface area contributed by atoms with Gasteiger partial charge in [0.25, 0.3) is 0 Å². The van der Waals surface area contributed by atoms with Gasteiger partial charge in [0.2, 0.25) is 11.7 Å². The summed E-state index contributed by atoms with van der Waals surface area (Å²) < 4.78 is 18.4. The van der Waals surface area contributed by atoms with Gasteiger partial charge >= 0.3 is 11.9 Å². The van der Waals surface area contributed by atoms with Crippen molar-refractivity contribution in [2.24, 2.45) is 0 Å². The van der Waals surface area contributed by atoms with E-state index in [2.05, 4.69) is 15.5 Å². The van der Waals surface area contributed by atoms with Crippen molar-refractivity contribution in [3.05, 3.63) is 35.5 Å². The number of amides is 1. The van der Waals surface area contributed by atoms with Gasteiger partial charge in [-0.25, -0.2) is 9.18 Å². The number of nitrogens with one attached hydrogen (secondary N) is 1. The topological polar surface area (TPSA) is 105 Å². The largest absolute Gasteiger partial charge is 0.474 e. The number of aliphatic carboxylic acids is 1. The summed E-state index contributed by atoms with van der Waals surface area (Å²) >= 11 is 0. The summed E-state index contributed by atoms with van der Waals surface area (Å²) in [7, 11) is 0. The van der Waals surface area contributed by atoms with E-state index in [-0.39, 0.29) is 11.7 Å². The van der Waals surface area contributed by atoms with Crippen LogP contribution in [-0.4, -0.2) is 27.1 Å². The number of hydrogen-bond donors (Lipinski definition) is 2. The normalized spacial score (nSPS) is 12.0. The number of carboxylic acid groups (broad SMARTS) is 1. The van der Waals surface area contributed by atoms with Gasteiger partial charge in [0.1, 0.15) is 11.9 Å². The molecule has 0 radical (unpaired) electrons. The van der Waals surface area contributed by atoms with Crippen LogP contribution >= 0.6 is 0 Å². The number of rotatable bonds is 3. The lowest BCUT2D eigenvalue weighted by atomic mass is 10.1. The van der Waals surface area contributed by atoms with Gasteiger partial charge in [0.15, 0.2) is 0 Å². The highest BCUT2D eigenvalue weighted by Gasteiger charge is 2.20. The van der Waals surface area contributed by atoms with Crippen LogP contribution < -0.4 is 5.32 Å². The maximum atomic E-state index is 13.5. The van der Waals surface area contributed by atoms with Gasteiger partial charge in [-0.05, 0) is 25.5 Å². The lowest BCUT2D eigenvalue weighted by Gasteiger charge is -2.06. The Morgan fingerprint density at radius 1 is 1.43 bits per heavy atom. The van der Waals surface area contributed by atoms with Crippen LogP contribution in [0.1, 0.15) is 24.4 Å². The minimum atomic E-state index is -1.61. The zero-order chi connectivity index (χ0) is 15.6. The molecule has 1 heterocycles. The average molecular weight is 293 g/mol. The summed E-state index contributed by atoms with van der Waals surface area (Å²) in [6.07, 6.45) is 0. The number of carboxylic acids is 1. The molecule has 1 aromatic heterocycles. The molecule has 0 saturated heterocycles. The van der Waals surface area contributed by atoms with Crippen LogP contribution in [0.3, 0.4) is 0 Å². The number of halogens is 1. The quantitative estimate of drug-likeness (QED) is 0.830. The van der Waals surface area contributed by atoms with E-state index in [4.69, 9.17) is 9.63 Å². The zero-order valence-electron chi connectivity index (χ0n) is 11.3. The Kier molecular flexibility index (Phi) is 3.97. The number of carbonyl (C=O) groups is 2. The number of carbonyl (C=O) groups excluding carboxylic acids is 1. The van der Waals surface area contributed by atoms with Gasteiger partial charge in [-0.1, -0.05) is 17.3 Å². The van der Waals surface area contributed by atoms with Crippen LogP contribution in [0.5, 0.6) is 0 Å². The molecule has 1 atom stereocenters. The first-order valence-electron chi connectivity index (χ1n) is 6.02. The molecule has 1 amide bonds. The summed E-state index contributed by atoms with van der Waals surface area (Å²) in [5.41, 5.74) is 0.911. The first kappa shape index (κ1) is 14.6. The van der Waals surface area contributed by atoms with Gasteiger partial charge in [-0.15, -0.1) is 0 Å². The van der Waals surface area contributed by atoms with Gasteiger partial charge in [0, 0.05) is 5.56 Å². The van der Waals surface area contributed by atoms with E-state index < -0.39 is 23.7 Å². The van der Waals surface area contributed by atoms with E-state index in [0.29, 0.717) is 11.1 Å². The number of nitrogens with zero attached hydrogens (tertiary/aromatic N) is 2. The second-order valence-electron chi connectivity index (χ2n) is 4.42. The Morgan fingerprint density at radius 2 is 2.14 bits per heavy atom. The van der Waals surface area contributed by atoms with Crippen molar-refractivity contribution in [3.8, 4) is 11.4 Å². The zero-order valence-corrected chi connectivity index (χ0v) is 11.3. The first-order valence-corrected chi connectivity index (χ1v) is 6.02. The molecule has 0 spiro atoms. The number of hydrogen-bond acceptors (Lipinski definition) is 5. The monoisotopic (exact) mass is 293 g/mol. The van der Waals surface area contributed by atoms with Crippen molar-refractivity contribution in [1.82, 2.24) is 15.5 Å². The maximum absolute atomic E-state index is 13.5. The lowest BCUT2D eigenvalue weighted by Crippen LogP contribution is -2.32.